The molecule has 0 aromatic rings. The normalized spacial score (nSPS) is 12.9. The molecule has 0 amide bonds. The second-order valence-corrected chi connectivity index (χ2v) is 17.8. The van der Waals surface area contributed by atoms with Crippen molar-refractivity contribution in [3.05, 3.63) is 109 Å². The summed E-state index contributed by atoms with van der Waals surface area (Å²) in [6.07, 6.45) is 73.7. The Kier molecular flexibility index (Phi) is 51.5. The summed E-state index contributed by atoms with van der Waals surface area (Å²) in [5.41, 5.74) is 0. The molecule has 380 valence electrons. The maximum Gasteiger partial charge on any atom is 0.306 e. The fourth-order valence-electron chi connectivity index (χ4n) is 7.24. The van der Waals surface area contributed by atoms with Gasteiger partial charge in [0.15, 0.2) is 6.10 Å². The van der Waals surface area contributed by atoms with E-state index in [4.69, 9.17) is 14.2 Å². The lowest BCUT2D eigenvalue weighted by Gasteiger charge is -2.18. The first-order chi connectivity index (χ1) is 33.0. The Bertz CT molecular complexity index is 1390. The lowest BCUT2D eigenvalue weighted by Crippen LogP contribution is -2.30. The quantitative estimate of drug-likeness (QED) is 0.0199. The summed E-state index contributed by atoms with van der Waals surface area (Å²) in [5.74, 6) is -0.991. The largest absolute Gasteiger partial charge is 0.462 e. The lowest BCUT2D eigenvalue weighted by molar-refractivity contribution is -0.167. The van der Waals surface area contributed by atoms with Crippen LogP contribution in [0.15, 0.2) is 109 Å². The number of unbranched alkanes of at least 4 members (excludes halogenated alkanes) is 21. The van der Waals surface area contributed by atoms with Crippen LogP contribution in [0.2, 0.25) is 0 Å². The van der Waals surface area contributed by atoms with Crippen LogP contribution in [0.4, 0.5) is 0 Å². The molecule has 6 nitrogen and oxygen atoms in total. The molecule has 0 aliphatic heterocycles. The number of allylic oxidation sites excluding steroid dienone is 18. The Labute approximate surface area is 412 Å². The van der Waals surface area contributed by atoms with E-state index in [1.165, 1.54) is 83.5 Å². The molecule has 0 aromatic heterocycles. The molecule has 0 heterocycles. The van der Waals surface area contributed by atoms with Crippen LogP contribution in [0.5, 0.6) is 0 Å². The van der Waals surface area contributed by atoms with Crippen molar-refractivity contribution in [2.75, 3.05) is 13.2 Å². The van der Waals surface area contributed by atoms with E-state index in [2.05, 4.69) is 130 Å². The highest BCUT2D eigenvalue weighted by atomic mass is 16.6. The number of hydrogen-bond donors (Lipinski definition) is 0. The van der Waals surface area contributed by atoms with Crippen molar-refractivity contribution in [1.29, 1.82) is 0 Å². The Morgan fingerprint density at radius 1 is 0.328 bits per heavy atom. The molecule has 0 aliphatic rings. The third-order valence-electron chi connectivity index (χ3n) is 11.3. The molecule has 0 spiro atoms. The van der Waals surface area contributed by atoms with Crippen LogP contribution in [-0.4, -0.2) is 37.2 Å². The summed E-state index contributed by atoms with van der Waals surface area (Å²) in [7, 11) is 0. The van der Waals surface area contributed by atoms with Crippen LogP contribution in [-0.2, 0) is 28.6 Å². The molecule has 1 atom stereocenters. The van der Waals surface area contributed by atoms with Crippen molar-refractivity contribution >= 4 is 17.9 Å². The highest BCUT2D eigenvalue weighted by Crippen LogP contribution is 2.14. The molecule has 0 bridgehead atoms. The SMILES string of the molecule is CC\C=C/C=C\C=C/CCCCCCCC(=O)OCC(COC(=O)CCCCCCCCCCC/C=C\C/C=C\C/C=C\CC)OC(=O)CCC/C=C\C/C=C\C/C=C\CCCCCCCC. The molecule has 0 fully saturated rings. The van der Waals surface area contributed by atoms with Crippen LogP contribution in [0, 0.1) is 0 Å². The van der Waals surface area contributed by atoms with E-state index in [9.17, 15) is 14.4 Å². The number of carbonyl (C=O) groups excluding carboxylic acids is 3. The molecule has 0 aromatic carbocycles. The molecule has 67 heavy (non-hydrogen) atoms. The average Bonchev–Trinajstić information content (AvgIpc) is 3.33. The third kappa shape index (κ3) is 52.9. The number of carbonyl (C=O) groups is 3. The van der Waals surface area contributed by atoms with Gasteiger partial charge in [0.05, 0.1) is 0 Å². The zero-order valence-corrected chi connectivity index (χ0v) is 43.4. The standard InChI is InChI=1S/C61H100O6/c1-4-7-10-13-16-19-22-25-27-29-30-32-33-36-39-42-45-48-51-54-60(63)66-57-58(56-65-59(62)53-50-47-44-41-38-35-24-21-18-15-12-9-6-3)67-61(64)55-52-49-46-43-40-37-34-31-28-26-23-20-17-14-11-8-5-2/h7,9-10,12,15-16,18-19,21,24-28,34,37,43,46,58H,4-6,8,11,13-14,17,20,22-23,29-33,35-36,38-42,44-45,47-57H2,1-3H3/b10-7-,12-9-,18-15-,19-16-,24-21-,27-25-,28-26-,37-34-,46-43-. The minimum atomic E-state index is -0.817. The Morgan fingerprint density at radius 2 is 0.672 bits per heavy atom. The smallest absolute Gasteiger partial charge is 0.306 e. The van der Waals surface area contributed by atoms with Gasteiger partial charge in [-0.25, -0.2) is 0 Å². The molecule has 6 heteroatoms. The van der Waals surface area contributed by atoms with Crippen LogP contribution >= 0.6 is 0 Å². The molecular weight excluding hydrogens is 829 g/mol. The minimum Gasteiger partial charge on any atom is -0.462 e. The zero-order chi connectivity index (χ0) is 48.6. The van der Waals surface area contributed by atoms with Crippen molar-refractivity contribution in [3.63, 3.8) is 0 Å². The second-order valence-electron chi connectivity index (χ2n) is 17.8. The zero-order valence-electron chi connectivity index (χ0n) is 43.4. The van der Waals surface area contributed by atoms with Gasteiger partial charge in [0.1, 0.15) is 13.2 Å². The molecule has 0 aliphatic carbocycles. The molecule has 0 radical (unpaired) electrons. The topological polar surface area (TPSA) is 78.9 Å². The summed E-state index contributed by atoms with van der Waals surface area (Å²) in [5, 5.41) is 0. The Hall–Kier alpha value is -3.93. The van der Waals surface area contributed by atoms with Gasteiger partial charge in [-0.05, 0) is 103 Å². The molecule has 0 saturated carbocycles. The Balaban J connectivity index is 4.48. The first-order valence-corrected chi connectivity index (χ1v) is 27.4. The number of esters is 3. The third-order valence-corrected chi connectivity index (χ3v) is 11.3. The summed E-state index contributed by atoms with van der Waals surface area (Å²) in [6.45, 7) is 6.32. The van der Waals surface area contributed by atoms with Crippen molar-refractivity contribution in [1.82, 2.24) is 0 Å². The first-order valence-electron chi connectivity index (χ1n) is 27.4. The first kappa shape index (κ1) is 63.1. The van der Waals surface area contributed by atoms with Gasteiger partial charge in [-0.3, -0.25) is 14.4 Å². The molecule has 1 unspecified atom stereocenters. The molecule has 0 rings (SSSR count). The van der Waals surface area contributed by atoms with E-state index in [0.29, 0.717) is 19.3 Å². The van der Waals surface area contributed by atoms with Gasteiger partial charge in [0.25, 0.3) is 0 Å². The van der Waals surface area contributed by atoms with Gasteiger partial charge in [0, 0.05) is 19.3 Å². The van der Waals surface area contributed by atoms with Gasteiger partial charge in [-0.15, -0.1) is 0 Å². The van der Waals surface area contributed by atoms with Crippen LogP contribution in [0.3, 0.4) is 0 Å². The molecular formula is C61H100O6. The fourth-order valence-corrected chi connectivity index (χ4v) is 7.24. The highest BCUT2D eigenvalue weighted by Gasteiger charge is 2.19. The monoisotopic (exact) mass is 929 g/mol. The van der Waals surface area contributed by atoms with E-state index in [0.717, 1.165) is 109 Å². The van der Waals surface area contributed by atoms with Crippen molar-refractivity contribution < 1.29 is 28.6 Å². The van der Waals surface area contributed by atoms with Crippen LogP contribution < -0.4 is 0 Å². The number of hydrogen-bond acceptors (Lipinski definition) is 6. The predicted molar refractivity (Wildman–Crippen MR) is 288 cm³/mol. The lowest BCUT2D eigenvalue weighted by atomic mass is 10.1. The van der Waals surface area contributed by atoms with Crippen molar-refractivity contribution in [2.45, 2.75) is 245 Å². The van der Waals surface area contributed by atoms with E-state index in [-0.39, 0.29) is 37.5 Å². The second kappa shape index (κ2) is 54.7. The predicted octanol–water partition coefficient (Wildman–Crippen LogP) is 18.3. The van der Waals surface area contributed by atoms with Crippen LogP contribution in [0.1, 0.15) is 239 Å². The molecule has 0 saturated heterocycles. The fraction of sp³-hybridized carbons (Fsp3) is 0.656. The van der Waals surface area contributed by atoms with Crippen LogP contribution in [0.25, 0.3) is 0 Å². The summed E-state index contributed by atoms with van der Waals surface area (Å²) in [6, 6.07) is 0. The number of ether oxygens (including phenoxy) is 3. The van der Waals surface area contributed by atoms with E-state index in [1.54, 1.807) is 0 Å². The maximum absolute atomic E-state index is 12.8. The summed E-state index contributed by atoms with van der Waals surface area (Å²) >= 11 is 0. The van der Waals surface area contributed by atoms with Crippen molar-refractivity contribution in [3.8, 4) is 0 Å². The molecule has 0 N–H and O–H groups in total. The minimum absolute atomic E-state index is 0.109. The van der Waals surface area contributed by atoms with Crippen molar-refractivity contribution in [2.24, 2.45) is 0 Å². The van der Waals surface area contributed by atoms with Gasteiger partial charge in [-0.1, -0.05) is 226 Å². The van der Waals surface area contributed by atoms with E-state index < -0.39 is 6.10 Å². The summed E-state index contributed by atoms with van der Waals surface area (Å²) < 4.78 is 16.8. The van der Waals surface area contributed by atoms with E-state index in [1.807, 2.05) is 0 Å². The average molecular weight is 929 g/mol. The highest BCUT2D eigenvalue weighted by molar-refractivity contribution is 5.71. The maximum atomic E-state index is 12.8. The van der Waals surface area contributed by atoms with Gasteiger partial charge >= 0.3 is 17.9 Å². The van der Waals surface area contributed by atoms with Gasteiger partial charge in [-0.2, -0.15) is 0 Å². The Morgan fingerprint density at radius 3 is 1.12 bits per heavy atom. The number of rotatable bonds is 48. The van der Waals surface area contributed by atoms with E-state index >= 15 is 0 Å². The van der Waals surface area contributed by atoms with Gasteiger partial charge in [0.2, 0.25) is 0 Å². The van der Waals surface area contributed by atoms with Gasteiger partial charge < -0.3 is 14.2 Å². The summed E-state index contributed by atoms with van der Waals surface area (Å²) in [4.78, 5) is 38.1.